The fourth-order valence-electron chi connectivity index (χ4n) is 1.19. The molecule has 0 rings (SSSR count). The quantitative estimate of drug-likeness (QED) is 0.540. The monoisotopic (exact) mass is 253 g/mol. The highest BCUT2D eigenvalue weighted by Gasteiger charge is 2.02. The molecule has 0 aromatic rings. The summed E-state index contributed by atoms with van der Waals surface area (Å²) in [4.78, 5) is 0. The minimum Gasteiger partial charge on any atom is -0.323 e. The Kier molecular flexibility index (Phi) is 12.9. The van der Waals surface area contributed by atoms with Gasteiger partial charge >= 0.3 is 0 Å². The molecule has 0 fully saturated rings. The van der Waals surface area contributed by atoms with Crippen LogP contribution in [-0.4, -0.2) is 32.8 Å². The molecule has 100 valence electrons. The Labute approximate surface area is 101 Å². The van der Waals surface area contributed by atoms with Crippen LogP contribution in [0.2, 0.25) is 0 Å². The third-order valence-corrected chi connectivity index (χ3v) is 2.74. The Balaban J connectivity index is 0. The van der Waals surface area contributed by atoms with Gasteiger partial charge < -0.3 is 5.32 Å². The van der Waals surface area contributed by atoms with E-state index >= 15 is 0 Å². The Morgan fingerprint density at radius 1 is 1.06 bits per heavy atom. The highest BCUT2D eigenvalue weighted by Crippen LogP contribution is 2.09. The van der Waals surface area contributed by atoms with Crippen LogP contribution in [0.1, 0.15) is 46.0 Å². The average molecular weight is 253 g/mol. The number of hydrogen-bond donors (Lipinski definition) is 2. The Hall–Kier alpha value is -0.130. The highest BCUT2D eigenvalue weighted by atomic mass is 32.2. The van der Waals surface area contributed by atoms with E-state index in [2.05, 4.69) is 19.2 Å². The predicted molar refractivity (Wildman–Crippen MR) is 69.3 cm³/mol. The number of nitrogens with one attached hydrogen (secondary N) is 1. The van der Waals surface area contributed by atoms with Crippen LogP contribution in [0.15, 0.2) is 0 Å². The first-order valence-electron chi connectivity index (χ1n) is 5.87. The number of hydrogen-bond acceptors (Lipinski definition) is 3. The van der Waals surface area contributed by atoms with E-state index < -0.39 is 10.1 Å². The van der Waals surface area contributed by atoms with Gasteiger partial charge in [-0.2, -0.15) is 8.42 Å². The summed E-state index contributed by atoms with van der Waals surface area (Å²) in [7, 11) is 0.0224. The Bertz CT molecular complexity index is 225. The molecular weight excluding hydrogens is 226 g/mol. The zero-order valence-electron chi connectivity index (χ0n) is 11.0. The van der Waals surface area contributed by atoms with Gasteiger partial charge in [-0.25, -0.2) is 0 Å². The minimum absolute atomic E-state index is 0.0886. The molecule has 0 saturated carbocycles. The largest absolute Gasteiger partial charge is 0.323 e. The molecule has 2 N–H and O–H groups in total. The zero-order chi connectivity index (χ0) is 13.0. The van der Waals surface area contributed by atoms with Crippen LogP contribution >= 0.6 is 0 Å². The van der Waals surface area contributed by atoms with Crippen molar-refractivity contribution in [3.05, 3.63) is 0 Å². The van der Waals surface area contributed by atoms with Crippen LogP contribution in [-0.2, 0) is 10.1 Å². The summed E-state index contributed by atoms with van der Waals surface area (Å²) in [5, 5.41) is 2.75. The molecule has 0 spiro atoms. The average Bonchev–Trinajstić information content (AvgIpc) is 2.10. The Morgan fingerprint density at radius 3 is 1.88 bits per heavy atom. The second kappa shape index (κ2) is 11.4. The first kappa shape index (κ1) is 18.2. The van der Waals surface area contributed by atoms with Crippen molar-refractivity contribution in [3.8, 4) is 0 Å². The summed E-state index contributed by atoms with van der Waals surface area (Å²) >= 11 is 0. The first-order chi connectivity index (χ1) is 7.33. The lowest BCUT2D eigenvalue weighted by molar-refractivity contribution is 0.476. The molecule has 0 unspecified atom stereocenters. The minimum atomic E-state index is -3.73. The SMILES string of the molecule is CC(C)CCCCCCS(=O)(=O)O.CNC. The maximum absolute atomic E-state index is 10.3. The lowest BCUT2D eigenvalue weighted by atomic mass is 10.0. The van der Waals surface area contributed by atoms with Gasteiger partial charge in [0.05, 0.1) is 5.75 Å². The van der Waals surface area contributed by atoms with Gasteiger partial charge in [0.2, 0.25) is 0 Å². The summed E-state index contributed by atoms with van der Waals surface area (Å²) < 4.78 is 29.1. The topological polar surface area (TPSA) is 66.4 Å². The van der Waals surface area contributed by atoms with E-state index in [0.29, 0.717) is 6.42 Å². The molecule has 0 radical (unpaired) electrons. The van der Waals surface area contributed by atoms with Gasteiger partial charge in [0.1, 0.15) is 0 Å². The van der Waals surface area contributed by atoms with E-state index in [9.17, 15) is 8.42 Å². The molecule has 0 bridgehead atoms. The third kappa shape index (κ3) is 23.6. The van der Waals surface area contributed by atoms with Crippen molar-refractivity contribution in [2.75, 3.05) is 19.8 Å². The van der Waals surface area contributed by atoms with E-state index in [0.717, 1.165) is 25.2 Å². The van der Waals surface area contributed by atoms with Crippen molar-refractivity contribution in [2.24, 2.45) is 5.92 Å². The van der Waals surface area contributed by atoms with E-state index in [1.807, 2.05) is 14.1 Å². The standard InChI is InChI=1S/C9H20O3S.C2H7N/c1-9(2)7-5-3-4-6-8-13(10,11)12;1-3-2/h9H,3-8H2,1-2H3,(H,10,11,12);3H,1-2H3. The maximum atomic E-state index is 10.3. The molecule has 0 heterocycles. The van der Waals surface area contributed by atoms with Gasteiger partial charge in [-0.15, -0.1) is 0 Å². The van der Waals surface area contributed by atoms with Crippen molar-refractivity contribution >= 4 is 10.1 Å². The molecule has 0 aliphatic heterocycles. The molecular formula is C11H27NO3S. The van der Waals surface area contributed by atoms with Gasteiger partial charge in [-0.3, -0.25) is 4.55 Å². The molecule has 0 aliphatic rings. The fraction of sp³-hybridized carbons (Fsp3) is 1.00. The number of unbranched alkanes of at least 4 members (excludes halogenated alkanes) is 3. The predicted octanol–water partition coefficient (Wildman–Crippen LogP) is 2.32. The molecule has 0 amide bonds. The van der Waals surface area contributed by atoms with Crippen molar-refractivity contribution in [1.82, 2.24) is 5.32 Å². The summed E-state index contributed by atoms with van der Waals surface area (Å²) in [6, 6.07) is 0. The van der Waals surface area contributed by atoms with Crippen LogP contribution in [0.5, 0.6) is 0 Å². The normalized spacial score (nSPS) is 11.1. The molecule has 0 atom stereocenters. The fourth-order valence-corrected chi connectivity index (χ4v) is 1.76. The van der Waals surface area contributed by atoms with Crippen LogP contribution in [0.25, 0.3) is 0 Å². The van der Waals surface area contributed by atoms with Gasteiger partial charge in [-0.05, 0) is 26.4 Å². The summed E-state index contributed by atoms with van der Waals surface area (Å²) in [5.41, 5.74) is 0. The first-order valence-corrected chi connectivity index (χ1v) is 7.48. The van der Waals surface area contributed by atoms with E-state index in [-0.39, 0.29) is 5.75 Å². The van der Waals surface area contributed by atoms with Gasteiger partial charge in [-0.1, -0.05) is 39.5 Å². The molecule has 0 aromatic carbocycles. The zero-order valence-corrected chi connectivity index (χ0v) is 11.8. The van der Waals surface area contributed by atoms with Crippen LogP contribution in [0, 0.1) is 5.92 Å². The molecule has 0 saturated heterocycles. The van der Waals surface area contributed by atoms with Crippen molar-refractivity contribution in [2.45, 2.75) is 46.0 Å². The van der Waals surface area contributed by atoms with E-state index in [1.165, 1.54) is 6.42 Å². The Morgan fingerprint density at radius 2 is 1.50 bits per heavy atom. The van der Waals surface area contributed by atoms with Crippen molar-refractivity contribution in [3.63, 3.8) is 0 Å². The second-order valence-corrected chi connectivity index (χ2v) is 5.95. The van der Waals surface area contributed by atoms with Crippen LogP contribution < -0.4 is 5.32 Å². The molecule has 5 heteroatoms. The summed E-state index contributed by atoms with van der Waals surface area (Å²) in [6.45, 7) is 4.36. The maximum Gasteiger partial charge on any atom is 0.264 e. The lowest BCUT2D eigenvalue weighted by Crippen LogP contribution is -2.03. The lowest BCUT2D eigenvalue weighted by Gasteiger charge is -2.03. The van der Waals surface area contributed by atoms with Crippen molar-refractivity contribution in [1.29, 1.82) is 0 Å². The molecule has 0 aromatic heterocycles. The van der Waals surface area contributed by atoms with E-state index in [1.54, 1.807) is 0 Å². The summed E-state index contributed by atoms with van der Waals surface area (Å²) in [5.74, 6) is 0.635. The third-order valence-electron chi connectivity index (χ3n) is 1.93. The van der Waals surface area contributed by atoms with Gasteiger partial charge in [0, 0.05) is 0 Å². The van der Waals surface area contributed by atoms with Crippen LogP contribution in [0.4, 0.5) is 0 Å². The summed E-state index contributed by atoms with van der Waals surface area (Å²) in [6.07, 6.45) is 4.89. The molecule has 4 nitrogen and oxygen atoms in total. The molecule has 0 aliphatic carbocycles. The molecule has 16 heavy (non-hydrogen) atoms. The smallest absolute Gasteiger partial charge is 0.264 e. The van der Waals surface area contributed by atoms with E-state index in [4.69, 9.17) is 4.55 Å². The number of rotatable bonds is 7. The highest BCUT2D eigenvalue weighted by molar-refractivity contribution is 7.85. The van der Waals surface area contributed by atoms with Crippen LogP contribution in [0.3, 0.4) is 0 Å². The van der Waals surface area contributed by atoms with Crippen molar-refractivity contribution < 1.29 is 13.0 Å². The second-order valence-electron chi connectivity index (χ2n) is 4.38. The van der Waals surface area contributed by atoms with Gasteiger partial charge in [0.25, 0.3) is 10.1 Å². The van der Waals surface area contributed by atoms with Gasteiger partial charge in [0.15, 0.2) is 0 Å².